The van der Waals surface area contributed by atoms with Gasteiger partial charge in [0.15, 0.2) is 5.78 Å². The molecule has 0 fully saturated rings. The lowest BCUT2D eigenvalue weighted by atomic mass is 10.1. The quantitative estimate of drug-likeness (QED) is 0.647. The molecule has 2 aromatic heterocycles. The van der Waals surface area contributed by atoms with Crippen molar-refractivity contribution in [1.29, 1.82) is 0 Å². The Morgan fingerprint density at radius 3 is 2.52 bits per heavy atom. The Kier molecular flexibility index (Phi) is 4.79. The van der Waals surface area contributed by atoms with Crippen LogP contribution < -0.4 is 0 Å². The van der Waals surface area contributed by atoms with Gasteiger partial charge in [-0.2, -0.15) is 4.80 Å². The Morgan fingerprint density at radius 2 is 1.84 bits per heavy atom. The molecule has 0 aliphatic heterocycles. The van der Waals surface area contributed by atoms with Crippen molar-refractivity contribution in [1.82, 2.24) is 24.8 Å². The maximum atomic E-state index is 12.7. The summed E-state index contributed by atoms with van der Waals surface area (Å²) in [6, 6.07) is 9.87. The summed E-state index contributed by atoms with van der Waals surface area (Å²) in [4.78, 5) is 14.0. The van der Waals surface area contributed by atoms with Crippen LogP contribution in [0.3, 0.4) is 0 Å². The molecule has 0 atom stereocenters. The molecule has 0 saturated carbocycles. The largest absolute Gasteiger partial charge is 0.348 e. The number of carbonyl (C=O) groups is 1. The van der Waals surface area contributed by atoms with E-state index in [4.69, 9.17) is 0 Å². The number of aromatic nitrogens is 5. The van der Waals surface area contributed by atoms with E-state index in [1.807, 2.05) is 51.1 Å². The first kappa shape index (κ1) is 17.1. The van der Waals surface area contributed by atoms with Gasteiger partial charge in [-0.15, -0.1) is 10.2 Å². The molecule has 3 rings (SSSR count). The third-order valence-electron chi connectivity index (χ3n) is 4.37. The van der Waals surface area contributed by atoms with E-state index in [1.165, 1.54) is 10.4 Å². The average Bonchev–Trinajstić information content (AvgIpc) is 3.15. The second-order valence-corrected chi connectivity index (χ2v) is 6.37. The topological polar surface area (TPSA) is 65.6 Å². The van der Waals surface area contributed by atoms with E-state index in [2.05, 4.69) is 26.9 Å². The second-order valence-electron chi connectivity index (χ2n) is 6.37. The van der Waals surface area contributed by atoms with Gasteiger partial charge in [-0.3, -0.25) is 4.79 Å². The molecule has 0 N–H and O–H groups in total. The molecule has 0 spiro atoms. The maximum absolute atomic E-state index is 12.7. The smallest absolute Gasteiger partial charge is 0.204 e. The van der Waals surface area contributed by atoms with Crippen LogP contribution in [-0.2, 0) is 13.1 Å². The molecule has 130 valence electrons. The molecule has 0 amide bonds. The normalized spacial score (nSPS) is 11.0. The molecule has 3 aromatic rings. The van der Waals surface area contributed by atoms with Crippen molar-refractivity contribution in [2.45, 2.75) is 47.2 Å². The molecule has 0 bridgehead atoms. The zero-order valence-corrected chi connectivity index (χ0v) is 15.2. The molecule has 6 nitrogen and oxygen atoms in total. The summed E-state index contributed by atoms with van der Waals surface area (Å²) in [5, 5.41) is 12.4. The van der Waals surface area contributed by atoms with Crippen LogP contribution in [0.1, 0.15) is 40.7 Å². The first-order valence-electron chi connectivity index (χ1n) is 8.54. The van der Waals surface area contributed by atoms with E-state index < -0.39 is 0 Å². The van der Waals surface area contributed by atoms with Crippen LogP contribution in [0.15, 0.2) is 30.3 Å². The highest BCUT2D eigenvalue weighted by atomic mass is 16.1. The van der Waals surface area contributed by atoms with Gasteiger partial charge in [0, 0.05) is 29.1 Å². The number of benzene rings is 1. The van der Waals surface area contributed by atoms with Crippen molar-refractivity contribution in [2.24, 2.45) is 0 Å². The van der Waals surface area contributed by atoms with Gasteiger partial charge in [-0.1, -0.05) is 36.8 Å². The van der Waals surface area contributed by atoms with Crippen molar-refractivity contribution >= 4 is 5.78 Å². The lowest BCUT2D eigenvalue weighted by molar-refractivity contribution is 0.0960. The molecule has 0 radical (unpaired) electrons. The van der Waals surface area contributed by atoms with Crippen LogP contribution in [0.25, 0.3) is 11.4 Å². The molecular weight excluding hydrogens is 314 g/mol. The molecule has 0 aliphatic carbocycles. The van der Waals surface area contributed by atoms with Gasteiger partial charge in [0.1, 0.15) is 6.54 Å². The third kappa shape index (κ3) is 3.52. The predicted octanol–water partition coefficient (Wildman–Crippen LogP) is 3.36. The monoisotopic (exact) mass is 337 g/mol. The number of rotatable bonds is 6. The standard InChI is InChI=1S/C19H23N5O/c1-5-10-23-14(3)11-17(15(23)4)18(25)12-24-21-19(20-22-24)16-8-6-13(2)7-9-16/h6-9,11H,5,10,12H2,1-4H3. The summed E-state index contributed by atoms with van der Waals surface area (Å²) >= 11 is 0. The Balaban J connectivity index is 1.78. The molecule has 25 heavy (non-hydrogen) atoms. The summed E-state index contributed by atoms with van der Waals surface area (Å²) in [5.41, 5.74) is 4.91. The number of hydrogen-bond acceptors (Lipinski definition) is 4. The molecule has 6 heteroatoms. The first-order chi connectivity index (χ1) is 12.0. The minimum atomic E-state index is 0.00306. The van der Waals surface area contributed by atoms with E-state index >= 15 is 0 Å². The Morgan fingerprint density at radius 1 is 1.12 bits per heavy atom. The fourth-order valence-electron chi connectivity index (χ4n) is 2.99. The van der Waals surface area contributed by atoms with Crippen LogP contribution in [0.4, 0.5) is 0 Å². The summed E-state index contributed by atoms with van der Waals surface area (Å²) < 4.78 is 2.18. The SMILES string of the molecule is CCCn1c(C)cc(C(=O)Cn2nnc(-c3ccc(C)cc3)n2)c1C. The molecule has 2 heterocycles. The summed E-state index contributed by atoms with van der Waals surface area (Å²) in [5.74, 6) is 0.535. The summed E-state index contributed by atoms with van der Waals surface area (Å²) in [6.07, 6.45) is 1.04. The van der Waals surface area contributed by atoms with Crippen molar-refractivity contribution in [2.75, 3.05) is 0 Å². The van der Waals surface area contributed by atoms with Gasteiger partial charge in [0.25, 0.3) is 0 Å². The van der Waals surface area contributed by atoms with Crippen LogP contribution >= 0.6 is 0 Å². The maximum Gasteiger partial charge on any atom is 0.204 e. The highest BCUT2D eigenvalue weighted by Gasteiger charge is 2.17. The number of tetrazole rings is 1. The zero-order chi connectivity index (χ0) is 18.0. The fourth-order valence-corrected chi connectivity index (χ4v) is 2.99. The van der Waals surface area contributed by atoms with Crippen LogP contribution in [-0.4, -0.2) is 30.6 Å². The second kappa shape index (κ2) is 7.01. The Bertz CT molecular complexity index is 889. The molecular formula is C19H23N5O. The van der Waals surface area contributed by atoms with Crippen molar-refractivity contribution in [3.63, 3.8) is 0 Å². The van der Waals surface area contributed by atoms with Crippen molar-refractivity contribution in [3.05, 3.63) is 52.8 Å². The third-order valence-corrected chi connectivity index (χ3v) is 4.37. The van der Waals surface area contributed by atoms with E-state index in [0.29, 0.717) is 5.82 Å². The summed E-state index contributed by atoms with van der Waals surface area (Å²) in [7, 11) is 0. The predicted molar refractivity (Wildman–Crippen MR) is 96.5 cm³/mol. The van der Waals surface area contributed by atoms with E-state index in [0.717, 1.165) is 35.5 Å². The van der Waals surface area contributed by atoms with Gasteiger partial charge < -0.3 is 4.57 Å². The Hall–Kier alpha value is -2.76. The van der Waals surface area contributed by atoms with Gasteiger partial charge in [-0.05, 0) is 38.5 Å². The summed E-state index contributed by atoms with van der Waals surface area (Å²) in [6.45, 7) is 9.19. The van der Waals surface area contributed by atoms with Gasteiger partial charge in [0.2, 0.25) is 5.82 Å². The molecule has 0 saturated heterocycles. The average molecular weight is 337 g/mol. The van der Waals surface area contributed by atoms with Crippen LogP contribution in [0, 0.1) is 20.8 Å². The van der Waals surface area contributed by atoms with Gasteiger partial charge in [0.05, 0.1) is 0 Å². The lowest BCUT2D eigenvalue weighted by Gasteiger charge is -2.07. The number of aryl methyl sites for hydroxylation is 2. The number of carbonyl (C=O) groups excluding carboxylic acids is 1. The fraction of sp³-hybridized carbons (Fsp3) is 0.368. The highest BCUT2D eigenvalue weighted by molar-refractivity contribution is 5.97. The highest BCUT2D eigenvalue weighted by Crippen LogP contribution is 2.17. The van der Waals surface area contributed by atoms with E-state index in [1.54, 1.807) is 0 Å². The Labute approximate surface area is 147 Å². The zero-order valence-electron chi connectivity index (χ0n) is 15.2. The number of ketones is 1. The molecule has 0 unspecified atom stereocenters. The van der Waals surface area contributed by atoms with Crippen LogP contribution in [0.5, 0.6) is 0 Å². The molecule has 0 aliphatic rings. The number of nitrogens with zero attached hydrogens (tertiary/aromatic N) is 5. The van der Waals surface area contributed by atoms with E-state index in [-0.39, 0.29) is 12.3 Å². The van der Waals surface area contributed by atoms with Crippen molar-refractivity contribution < 1.29 is 4.79 Å². The van der Waals surface area contributed by atoms with Gasteiger partial charge >= 0.3 is 0 Å². The first-order valence-corrected chi connectivity index (χ1v) is 8.54. The van der Waals surface area contributed by atoms with Gasteiger partial charge in [-0.25, -0.2) is 0 Å². The molecule has 1 aromatic carbocycles. The van der Waals surface area contributed by atoms with Crippen molar-refractivity contribution in [3.8, 4) is 11.4 Å². The minimum absolute atomic E-state index is 0.00306. The van der Waals surface area contributed by atoms with E-state index in [9.17, 15) is 4.79 Å². The number of hydrogen-bond donors (Lipinski definition) is 0. The minimum Gasteiger partial charge on any atom is -0.348 e. The van der Waals surface area contributed by atoms with Crippen LogP contribution in [0.2, 0.25) is 0 Å². The number of Topliss-reactive ketones (excluding diaryl/α,β-unsaturated/α-hetero) is 1. The lowest BCUT2D eigenvalue weighted by Crippen LogP contribution is -2.14.